The molecular weight excluding hydrogens is 316 g/mol. The van der Waals surface area contributed by atoms with E-state index in [1.54, 1.807) is 0 Å². The molecule has 1 aromatic rings. The Morgan fingerprint density at radius 1 is 1.20 bits per heavy atom. The molecule has 6 nitrogen and oxygen atoms in total. The molecule has 3 N–H and O–H groups in total. The molecule has 3 aliphatic rings. The molecule has 0 aliphatic carbocycles. The zero-order valence-electron chi connectivity index (χ0n) is 14.2. The monoisotopic (exact) mass is 340 g/mol. The van der Waals surface area contributed by atoms with Crippen molar-refractivity contribution in [3.05, 3.63) is 65.6 Å². The van der Waals surface area contributed by atoms with E-state index in [4.69, 9.17) is 15.5 Å². The Morgan fingerprint density at radius 2 is 2.00 bits per heavy atom. The van der Waals surface area contributed by atoms with Gasteiger partial charge in [-0.2, -0.15) is 0 Å². The van der Waals surface area contributed by atoms with Crippen LogP contribution in [0.2, 0.25) is 0 Å². The normalized spacial score (nSPS) is 23.5. The molecule has 0 bridgehead atoms. The van der Waals surface area contributed by atoms with Crippen molar-refractivity contribution in [3.8, 4) is 0 Å². The number of allylic oxidation sites excluding steroid dienone is 2. The summed E-state index contributed by atoms with van der Waals surface area (Å²) in [6.07, 6.45) is 6.69. The first kappa shape index (κ1) is 16.4. The van der Waals surface area contributed by atoms with E-state index >= 15 is 0 Å². The topological polar surface area (TPSA) is 63.0 Å². The highest BCUT2D eigenvalue weighted by Crippen LogP contribution is 2.30. The van der Waals surface area contributed by atoms with Crippen LogP contribution >= 0.6 is 0 Å². The lowest BCUT2D eigenvalue weighted by Crippen LogP contribution is -2.40. The first-order valence-corrected chi connectivity index (χ1v) is 8.69. The minimum Gasteiger partial charge on any atom is -0.379 e. The lowest BCUT2D eigenvalue weighted by molar-refractivity contribution is 0.0398. The summed E-state index contributed by atoms with van der Waals surface area (Å²) >= 11 is 0. The van der Waals surface area contributed by atoms with E-state index in [0.29, 0.717) is 6.61 Å². The van der Waals surface area contributed by atoms with Crippen molar-refractivity contribution in [2.24, 2.45) is 5.90 Å². The molecule has 1 aromatic carbocycles. The maximum absolute atomic E-state index is 5.47. The Morgan fingerprint density at radius 3 is 2.76 bits per heavy atom. The highest BCUT2D eigenvalue weighted by molar-refractivity contribution is 5.75. The number of hydrogen-bond acceptors (Lipinski definition) is 6. The number of nitrogens with zero attached hydrogens (tertiary/aromatic N) is 2. The van der Waals surface area contributed by atoms with Crippen LogP contribution in [-0.4, -0.2) is 55.4 Å². The first-order chi connectivity index (χ1) is 12.3. The van der Waals surface area contributed by atoms with E-state index in [-0.39, 0.29) is 6.17 Å². The molecule has 3 aliphatic heterocycles. The first-order valence-electron chi connectivity index (χ1n) is 8.69. The molecule has 1 saturated heterocycles. The van der Waals surface area contributed by atoms with Crippen LogP contribution in [0.5, 0.6) is 0 Å². The van der Waals surface area contributed by atoms with Gasteiger partial charge in [0.15, 0.2) is 0 Å². The fourth-order valence-electron chi connectivity index (χ4n) is 3.50. The summed E-state index contributed by atoms with van der Waals surface area (Å²) in [5.74, 6) is 5.35. The fraction of sp³-hybridized carbons (Fsp3) is 0.368. The second-order valence-electron chi connectivity index (χ2n) is 6.43. The molecule has 0 amide bonds. The summed E-state index contributed by atoms with van der Waals surface area (Å²) in [5.41, 5.74) is 4.68. The van der Waals surface area contributed by atoms with Gasteiger partial charge in [0.2, 0.25) is 0 Å². The van der Waals surface area contributed by atoms with Gasteiger partial charge in [0, 0.05) is 25.8 Å². The van der Waals surface area contributed by atoms with Gasteiger partial charge < -0.3 is 15.0 Å². The smallest absolute Gasteiger partial charge is 0.122 e. The lowest BCUT2D eigenvalue weighted by Gasteiger charge is -2.32. The van der Waals surface area contributed by atoms with E-state index in [9.17, 15) is 0 Å². The van der Waals surface area contributed by atoms with Crippen LogP contribution in [0.3, 0.4) is 0 Å². The van der Waals surface area contributed by atoms with E-state index in [0.717, 1.165) is 38.5 Å². The zero-order valence-corrected chi connectivity index (χ0v) is 14.2. The third kappa shape index (κ3) is 3.48. The molecule has 4 rings (SSSR count). The van der Waals surface area contributed by atoms with Crippen molar-refractivity contribution in [1.29, 1.82) is 0 Å². The van der Waals surface area contributed by atoms with Crippen LogP contribution in [0.1, 0.15) is 5.56 Å². The SMILES string of the molecule is NOCC1=C(CN2CCOCC2)N2C=C(c3ccccc3)C=CC2N1. The van der Waals surface area contributed by atoms with Crippen molar-refractivity contribution in [1.82, 2.24) is 15.1 Å². The number of morpholine rings is 1. The molecule has 0 aromatic heterocycles. The Labute approximate surface area is 148 Å². The molecule has 1 fully saturated rings. The van der Waals surface area contributed by atoms with Gasteiger partial charge in [-0.15, -0.1) is 0 Å². The molecule has 0 spiro atoms. The third-order valence-corrected chi connectivity index (χ3v) is 4.83. The Balaban J connectivity index is 1.60. The maximum atomic E-state index is 5.47. The van der Waals surface area contributed by atoms with Crippen molar-refractivity contribution in [3.63, 3.8) is 0 Å². The molecule has 132 valence electrons. The van der Waals surface area contributed by atoms with Crippen molar-refractivity contribution >= 4 is 5.57 Å². The quantitative estimate of drug-likeness (QED) is 0.787. The fourth-order valence-corrected chi connectivity index (χ4v) is 3.50. The predicted octanol–water partition coefficient (Wildman–Crippen LogP) is 1.26. The molecule has 1 unspecified atom stereocenters. The Hall–Kier alpha value is -2.12. The number of nitrogens with two attached hydrogens (primary N) is 1. The van der Waals surface area contributed by atoms with Crippen LogP contribution in [0.4, 0.5) is 0 Å². The largest absolute Gasteiger partial charge is 0.379 e. The molecule has 6 heteroatoms. The number of benzene rings is 1. The minimum atomic E-state index is 0.119. The van der Waals surface area contributed by atoms with E-state index in [2.05, 4.69) is 57.7 Å². The zero-order chi connectivity index (χ0) is 17.1. The van der Waals surface area contributed by atoms with E-state index in [1.165, 1.54) is 16.8 Å². The standard InChI is InChI=1S/C19H24N4O2/c20-25-14-17-18(13-22-8-10-24-11-9-22)23-12-16(6-7-19(23)21-17)15-4-2-1-3-5-15/h1-7,12,19,21H,8-11,13-14,20H2. The van der Waals surface area contributed by atoms with E-state index < -0.39 is 0 Å². The number of ether oxygens (including phenoxy) is 1. The summed E-state index contributed by atoms with van der Waals surface area (Å²) in [7, 11) is 0. The van der Waals surface area contributed by atoms with E-state index in [1.807, 2.05) is 6.07 Å². The van der Waals surface area contributed by atoms with Gasteiger partial charge in [-0.3, -0.25) is 9.74 Å². The van der Waals surface area contributed by atoms with Crippen LogP contribution < -0.4 is 11.2 Å². The van der Waals surface area contributed by atoms with Crippen molar-refractivity contribution in [2.75, 3.05) is 39.5 Å². The lowest BCUT2D eigenvalue weighted by atomic mass is 10.0. The van der Waals surface area contributed by atoms with Crippen molar-refractivity contribution < 1.29 is 9.57 Å². The average molecular weight is 340 g/mol. The minimum absolute atomic E-state index is 0.119. The van der Waals surface area contributed by atoms with Gasteiger partial charge in [-0.25, -0.2) is 5.90 Å². The van der Waals surface area contributed by atoms with Crippen molar-refractivity contribution in [2.45, 2.75) is 6.17 Å². The summed E-state index contributed by atoms with van der Waals surface area (Å²) < 4.78 is 5.47. The second kappa shape index (κ2) is 7.41. The predicted molar refractivity (Wildman–Crippen MR) is 96.7 cm³/mol. The summed E-state index contributed by atoms with van der Waals surface area (Å²) in [6.45, 7) is 4.72. The van der Waals surface area contributed by atoms with Crippen LogP contribution in [0.25, 0.3) is 5.57 Å². The number of rotatable bonds is 5. The van der Waals surface area contributed by atoms with Crippen LogP contribution in [-0.2, 0) is 9.57 Å². The third-order valence-electron chi connectivity index (χ3n) is 4.83. The van der Waals surface area contributed by atoms with Gasteiger partial charge in [0.25, 0.3) is 0 Å². The van der Waals surface area contributed by atoms with Gasteiger partial charge in [0.05, 0.1) is 24.6 Å². The molecular formula is C19H24N4O2. The Kier molecular flexibility index (Phi) is 4.85. The summed E-state index contributed by atoms with van der Waals surface area (Å²) in [5, 5.41) is 3.52. The van der Waals surface area contributed by atoms with Crippen LogP contribution in [0, 0.1) is 0 Å². The molecule has 0 saturated carbocycles. The average Bonchev–Trinajstić information content (AvgIpc) is 3.00. The maximum Gasteiger partial charge on any atom is 0.122 e. The highest BCUT2D eigenvalue weighted by Gasteiger charge is 2.31. The summed E-state index contributed by atoms with van der Waals surface area (Å²) in [4.78, 5) is 9.64. The van der Waals surface area contributed by atoms with Gasteiger partial charge in [-0.1, -0.05) is 36.4 Å². The van der Waals surface area contributed by atoms with Crippen LogP contribution in [0.15, 0.2) is 60.1 Å². The molecule has 0 radical (unpaired) electrons. The summed E-state index contributed by atoms with van der Waals surface area (Å²) in [6, 6.07) is 10.4. The molecule has 25 heavy (non-hydrogen) atoms. The Bertz CT molecular complexity index is 693. The number of hydrogen-bond donors (Lipinski definition) is 2. The second-order valence-corrected chi connectivity index (χ2v) is 6.43. The van der Waals surface area contributed by atoms with Gasteiger partial charge in [-0.05, 0) is 17.2 Å². The number of fused-ring (bicyclic) bond motifs is 1. The van der Waals surface area contributed by atoms with Gasteiger partial charge >= 0.3 is 0 Å². The molecule has 3 heterocycles. The highest BCUT2D eigenvalue weighted by atomic mass is 16.6. The molecule has 1 atom stereocenters. The number of nitrogens with one attached hydrogen (secondary N) is 1. The van der Waals surface area contributed by atoms with Gasteiger partial charge in [0.1, 0.15) is 12.8 Å².